The molecule has 0 unspecified atom stereocenters. The smallest absolute Gasteiger partial charge is 0.261 e. The first-order valence-electron chi connectivity index (χ1n) is 13.4. The van der Waals surface area contributed by atoms with E-state index in [0.29, 0.717) is 72.0 Å². The summed E-state index contributed by atoms with van der Waals surface area (Å²) in [7, 11) is 3.15. The molecule has 1 amide bonds. The maximum absolute atomic E-state index is 12.9. The molecular formula is C31H32N4O6. The molecule has 1 aliphatic rings. The summed E-state index contributed by atoms with van der Waals surface area (Å²) < 4.78 is 16.9. The number of nitrogens with one attached hydrogen (secondary N) is 2. The predicted molar refractivity (Wildman–Crippen MR) is 153 cm³/mol. The van der Waals surface area contributed by atoms with Crippen LogP contribution in [0.1, 0.15) is 58.8 Å². The van der Waals surface area contributed by atoms with Crippen molar-refractivity contribution in [3.8, 4) is 23.0 Å². The molecule has 0 saturated carbocycles. The van der Waals surface area contributed by atoms with Crippen molar-refractivity contribution in [1.82, 2.24) is 20.3 Å². The van der Waals surface area contributed by atoms with Gasteiger partial charge in [-0.25, -0.2) is 0 Å². The Hall–Kier alpha value is -4.73. The molecule has 0 spiro atoms. The summed E-state index contributed by atoms with van der Waals surface area (Å²) in [5, 5.41) is 3.62. The molecule has 0 aliphatic heterocycles. The number of aryl methyl sites for hydroxylation is 1. The minimum absolute atomic E-state index is 0.0471. The van der Waals surface area contributed by atoms with E-state index in [9.17, 15) is 14.4 Å². The number of hydrogen-bond donors (Lipinski definition) is 2. The van der Waals surface area contributed by atoms with Crippen LogP contribution in [-0.2, 0) is 12.8 Å². The lowest BCUT2D eigenvalue weighted by atomic mass is 9.87. The quantitative estimate of drug-likeness (QED) is 0.305. The molecule has 0 saturated heterocycles. The zero-order valence-corrected chi connectivity index (χ0v) is 23.5. The molecular weight excluding hydrogens is 524 g/mol. The average molecular weight is 557 g/mol. The van der Waals surface area contributed by atoms with Crippen molar-refractivity contribution in [2.45, 2.75) is 39.5 Å². The molecule has 10 heteroatoms. The minimum atomic E-state index is -0.504. The van der Waals surface area contributed by atoms with Gasteiger partial charge in [-0.05, 0) is 55.0 Å². The third kappa shape index (κ3) is 6.06. The number of rotatable bonds is 9. The van der Waals surface area contributed by atoms with E-state index in [0.717, 1.165) is 11.1 Å². The molecule has 2 N–H and O–H groups in total. The summed E-state index contributed by atoms with van der Waals surface area (Å²) in [4.78, 5) is 49.3. The molecule has 0 radical (unpaired) electrons. The molecule has 0 fully saturated rings. The second-order valence-corrected chi connectivity index (χ2v) is 10.8. The zero-order valence-electron chi connectivity index (χ0n) is 23.5. The van der Waals surface area contributed by atoms with Gasteiger partial charge >= 0.3 is 0 Å². The van der Waals surface area contributed by atoms with Crippen LogP contribution in [-0.4, -0.2) is 47.4 Å². The van der Waals surface area contributed by atoms with Crippen molar-refractivity contribution < 1.29 is 23.8 Å². The molecule has 3 heterocycles. The van der Waals surface area contributed by atoms with Crippen LogP contribution in [0, 0.1) is 5.41 Å². The lowest BCUT2D eigenvalue weighted by molar-refractivity contribution is 0.0934. The number of carbonyl (C=O) groups excluding carboxylic acids is 2. The first-order chi connectivity index (χ1) is 19.7. The topological polar surface area (TPSA) is 132 Å². The third-order valence-electron chi connectivity index (χ3n) is 7.12. The van der Waals surface area contributed by atoms with Gasteiger partial charge < -0.3 is 24.5 Å². The van der Waals surface area contributed by atoms with E-state index in [2.05, 4.69) is 20.3 Å². The van der Waals surface area contributed by atoms with Gasteiger partial charge in [-0.3, -0.25) is 24.4 Å². The molecule has 1 aromatic carbocycles. The summed E-state index contributed by atoms with van der Waals surface area (Å²) >= 11 is 0. The fourth-order valence-corrected chi connectivity index (χ4v) is 4.95. The zero-order chi connectivity index (χ0) is 29.1. The van der Waals surface area contributed by atoms with Gasteiger partial charge in [0.1, 0.15) is 17.1 Å². The molecule has 41 heavy (non-hydrogen) atoms. The van der Waals surface area contributed by atoms with Crippen LogP contribution in [0.5, 0.6) is 23.0 Å². The second-order valence-electron chi connectivity index (χ2n) is 10.8. The molecule has 0 bridgehead atoms. The molecule has 5 rings (SSSR count). The number of hydrogen-bond acceptors (Lipinski definition) is 8. The first-order valence-corrected chi connectivity index (χ1v) is 13.4. The number of aromatic nitrogens is 3. The summed E-state index contributed by atoms with van der Waals surface area (Å²) in [6.45, 7) is 4.32. The largest absolute Gasteiger partial charge is 0.493 e. The van der Waals surface area contributed by atoms with Crippen LogP contribution in [0.15, 0.2) is 53.6 Å². The number of Topliss-reactive ketones (excluding diaryl/α,β-unsaturated/α-hetero) is 1. The van der Waals surface area contributed by atoms with E-state index in [1.165, 1.54) is 6.07 Å². The Bertz CT molecular complexity index is 1680. The van der Waals surface area contributed by atoms with E-state index in [4.69, 9.17) is 14.2 Å². The van der Waals surface area contributed by atoms with Crippen LogP contribution in [0.3, 0.4) is 0 Å². The first kappa shape index (κ1) is 27.8. The normalized spacial score (nSPS) is 13.0. The van der Waals surface area contributed by atoms with Gasteiger partial charge in [-0.1, -0.05) is 13.8 Å². The van der Waals surface area contributed by atoms with Gasteiger partial charge in [-0.15, -0.1) is 0 Å². The fourth-order valence-electron chi connectivity index (χ4n) is 4.95. The summed E-state index contributed by atoms with van der Waals surface area (Å²) in [6.07, 6.45) is 5.65. The van der Waals surface area contributed by atoms with Crippen molar-refractivity contribution >= 4 is 22.6 Å². The van der Waals surface area contributed by atoms with Crippen LogP contribution in [0.4, 0.5) is 0 Å². The van der Waals surface area contributed by atoms with Gasteiger partial charge in [-0.2, -0.15) is 0 Å². The highest BCUT2D eigenvalue weighted by Gasteiger charge is 2.25. The van der Waals surface area contributed by atoms with Gasteiger partial charge in [0.05, 0.1) is 25.9 Å². The number of H-pyrrole nitrogens is 1. The lowest BCUT2D eigenvalue weighted by Gasteiger charge is -2.25. The van der Waals surface area contributed by atoms with Crippen LogP contribution >= 0.6 is 0 Å². The van der Waals surface area contributed by atoms with E-state index in [1.807, 2.05) is 32.0 Å². The third-order valence-corrected chi connectivity index (χ3v) is 7.12. The maximum atomic E-state index is 12.9. The molecule has 10 nitrogen and oxygen atoms in total. The number of ether oxygens (including phenoxy) is 3. The predicted octanol–water partition coefficient (Wildman–Crippen LogP) is 4.65. The number of methoxy groups -OCH3 is 2. The number of ketones is 1. The molecule has 212 valence electrons. The average Bonchev–Trinajstić information content (AvgIpc) is 2.96. The van der Waals surface area contributed by atoms with Gasteiger partial charge in [0.25, 0.3) is 11.5 Å². The van der Waals surface area contributed by atoms with Gasteiger partial charge in [0.15, 0.2) is 17.3 Å². The maximum Gasteiger partial charge on any atom is 0.261 e. The Morgan fingerprint density at radius 1 is 1.00 bits per heavy atom. The lowest BCUT2D eigenvalue weighted by Crippen LogP contribution is -2.38. The minimum Gasteiger partial charge on any atom is -0.493 e. The van der Waals surface area contributed by atoms with Gasteiger partial charge in [0, 0.05) is 47.6 Å². The van der Waals surface area contributed by atoms with E-state index < -0.39 is 11.5 Å². The number of carbonyl (C=O) groups is 2. The number of fused-ring (bicyclic) bond motifs is 2. The number of benzene rings is 1. The van der Waals surface area contributed by atoms with E-state index in [-0.39, 0.29) is 16.8 Å². The van der Waals surface area contributed by atoms with Crippen LogP contribution in [0.2, 0.25) is 0 Å². The van der Waals surface area contributed by atoms with Crippen LogP contribution < -0.4 is 25.1 Å². The Balaban J connectivity index is 1.24. The molecule has 4 aromatic rings. The van der Waals surface area contributed by atoms with Crippen molar-refractivity contribution in [2.75, 3.05) is 20.8 Å². The Morgan fingerprint density at radius 2 is 1.78 bits per heavy atom. The number of amides is 1. The number of aromatic amines is 1. The van der Waals surface area contributed by atoms with Crippen LogP contribution in [0.25, 0.3) is 10.9 Å². The fraction of sp³-hybridized carbons (Fsp3) is 0.323. The summed E-state index contributed by atoms with van der Waals surface area (Å²) in [6, 6.07) is 10.5. The summed E-state index contributed by atoms with van der Waals surface area (Å²) in [5.41, 5.74) is 1.68. The van der Waals surface area contributed by atoms with Crippen molar-refractivity contribution in [3.05, 3.63) is 81.7 Å². The highest BCUT2D eigenvalue weighted by Crippen LogP contribution is 2.36. The Kier molecular flexibility index (Phi) is 7.74. The monoisotopic (exact) mass is 556 g/mol. The Labute approximate surface area is 237 Å². The van der Waals surface area contributed by atoms with Crippen molar-refractivity contribution in [2.24, 2.45) is 5.41 Å². The molecule has 0 atom stereocenters. The highest BCUT2D eigenvalue weighted by atomic mass is 16.5. The molecule has 1 aliphatic carbocycles. The summed E-state index contributed by atoms with van der Waals surface area (Å²) in [5.74, 6) is 1.77. The van der Waals surface area contributed by atoms with E-state index >= 15 is 0 Å². The van der Waals surface area contributed by atoms with Crippen molar-refractivity contribution in [3.63, 3.8) is 0 Å². The standard InChI is InChI=1S/C31H32N4O6/c1-31(2,17-34-29(37)22-12-20-23(35-30(22)38)6-5-7-25(20)36)15-18-8-9-19(16-33-18)41-26-10-11-32-24-14-28(40-4)27(39-3)13-21(24)26/h8-14,16H,5-7,15,17H2,1-4H3,(H,34,37)(H,35,38). The highest BCUT2D eigenvalue weighted by molar-refractivity contribution is 6.01. The van der Waals surface area contributed by atoms with Crippen molar-refractivity contribution in [1.29, 1.82) is 0 Å². The number of pyridine rings is 3. The van der Waals surface area contributed by atoms with Gasteiger partial charge in [0.2, 0.25) is 0 Å². The molecule has 3 aromatic heterocycles. The van der Waals surface area contributed by atoms with E-state index in [1.54, 1.807) is 38.7 Å². The SMILES string of the molecule is COc1cc2nccc(Oc3ccc(CC(C)(C)CNC(=O)c4cc5c([nH]c4=O)CCCC5=O)nc3)c2cc1OC. The Morgan fingerprint density at radius 3 is 2.51 bits per heavy atom. The number of nitrogens with zero attached hydrogens (tertiary/aromatic N) is 2. The second kappa shape index (κ2) is 11.4.